The van der Waals surface area contributed by atoms with Gasteiger partial charge in [-0.1, -0.05) is 69.2 Å². The second kappa shape index (κ2) is 19.7. The van der Waals surface area contributed by atoms with Gasteiger partial charge in [-0.2, -0.15) is 0 Å². The lowest BCUT2D eigenvalue weighted by Crippen LogP contribution is -2.53. The number of hydrogen-bond donors (Lipinski definition) is 4. The number of carbonyl (C=O) groups excluding carboxylic acids is 5. The summed E-state index contributed by atoms with van der Waals surface area (Å²) in [6.07, 6.45) is 5.98. The highest BCUT2D eigenvalue weighted by Gasteiger charge is 2.31. The quantitative estimate of drug-likeness (QED) is 0.296. The summed E-state index contributed by atoms with van der Waals surface area (Å²) in [6.45, 7) is 7.04. The van der Waals surface area contributed by atoms with Gasteiger partial charge in [0.25, 0.3) is 5.91 Å². The molecule has 2 aliphatic rings. The van der Waals surface area contributed by atoms with E-state index in [1.54, 1.807) is 24.3 Å². The van der Waals surface area contributed by atoms with Crippen molar-refractivity contribution in [2.45, 2.75) is 83.3 Å². The molecule has 1 saturated heterocycles. The zero-order chi connectivity index (χ0) is 35.9. The highest BCUT2D eigenvalue weighted by molar-refractivity contribution is 6.01. The third-order valence-electron chi connectivity index (χ3n) is 9.02. The molecule has 0 spiro atoms. The molecule has 50 heavy (non-hydrogen) atoms. The van der Waals surface area contributed by atoms with E-state index in [1.165, 1.54) is 37.6 Å². The number of para-hydroxylation sites is 1. The number of likely N-dealkylation sites (tertiary alicyclic amines) is 1. The number of nitrogens with one attached hydrogen (secondary N) is 4. The molecule has 0 bridgehead atoms. The van der Waals surface area contributed by atoms with Gasteiger partial charge in [0.15, 0.2) is 0 Å². The van der Waals surface area contributed by atoms with Gasteiger partial charge in [0.2, 0.25) is 23.6 Å². The van der Waals surface area contributed by atoms with Crippen LogP contribution in [0.4, 0.5) is 0 Å². The molecule has 2 aromatic carbocycles. The SMILES string of the molecule is CC(C)C[C@H]1NC(=O)C[C@@H](C(=O)NCCCN2CCCCCC2)NC(=O)c2ccccc2OC[C@@H](Cc2ccccc2)NC(=O)CN(C)C1=O. The van der Waals surface area contributed by atoms with E-state index in [0.717, 1.165) is 31.6 Å². The van der Waals surface area contributed by atoms with Crippen molar-refractivity contribution in [3.8, 4) is 5.75 Å². The highest BCUT2D eigenvalue weighted by Crippen LogP contribution is 2.20. The Morgan fingerprint density at radius 2 is 1.60 bits per heavy atom. The van der Waals surface area contributed by atoms with Crippen LogP contribution in [0.2, 0.25) is 0 Å². The number of hydrogen-bond acceptors (Lipinski definition) is 7. The molecule has 3 atom stereocenters. The van der Waals surface area contributed by atoms with Crippen molar-refractivity contribution < 1.29 is 28.7 Å². The highest BCUT2D eigenvalue weighted by atomic mass is 16.5. The van der Waals surface area contributed by atoms with E-state index in [0.29, 0.717) is 19.4 Å². The molecule has 2 heterocycles. The Balaban J connectivity index is 1.56. The maximum Gasteiger partial charge on any atom is 0.255 e. The molecule has 2 aliphatic heterocycles. The lowest BCUT2D eigenvalue weighted by Gasteiger charge is -2.27. The summed E-state index contributed by atoms with van der Waals surface area (Å²) in [5.74, 6) is -2.12. The van der Waals surface area contributed by atoms with Crippen molar-refractivity contribution in [2.75, 3.05) is 46.4 Å². The molecule has 5 amide bonds. The smallest absolute Gasteiger partial charge is 0.255 e. The van der Waals surface area contributed by atoms with Crippen molar-refractivity contribution in [2.24, 2.45) is 5.92 Å². The maximum absolute atomic E-state index is 13.7. The molecule has 12 nitrogen and oxygen atoms in total. The average Bonchev–Trinajstić information content (AvgIpc) is 3.37. The number of benzene rings is 2. The Kier molecular flexibility index (Phi) is 15.1. The molecule has 4 rings (SSSR count). The average molecular weight is 691 g/mol. The largest absolute Gasteiger partial charge is 0.491 e. The fourth-order valence-corrected chi connectivity index (χ4v) is 6.43. The van der Waals surface area contributed by atoms with Crippen molar-refractivity contribution >= 4 is 29.5 Å². The fraction of sp³-hybridized carbons (Fsp3) is 0.553. The van der Waals surface area contributed by atoms with Crippen LogP contribution < -0.4 is 26.0 Å². The summed E-state index contributed by atoms with van der Waals surface area (Å²) in [5, 5.41) is 11.5. The zero-order valence-corrected chi connectivity index (χ0v) is 29.7. The van der Waals surface area contributed by atoms with E-state index in [2.05, 4.69) is 26.2 Å². The Bertz CT molecular complexity index is 1430. The number of ether oxygens (including phenoxy) is 1. The summed E-state index contributed by atoms with van der Waals surface area (Å²) in [5.41, 5.74) is 1.16. The van der Waals surface area contributed by atoms with E-state index in [1.807, 2.05) is 44.2 Å². The number of carbonyl (C=O) groups is 5. The zero-order valence-electron chi connectivity index (χ0n) is 29.7. The van der Waals surface area contributed by atoms with Crippen LogP contribution in [0.25, 0.3) is 0 Å². The molecule has 1 fully saturated rings. The van der Waals surface area contributed by atoms with Gasteiger partial charge < -0.3 is 35.8 Å². The summed E-state index contributed by atoms with van der Waals surface area (Å²) in [7, 11) is 1.52. The van der Waals surface area contributed by atoms with E-state index in [4.69, 9.17) is 4.74 Å². The van der Waals surface area contributed by atoms with Gasteiger partial charge in [0, 0.05) is 13.6 Å². The maximum atomic E-state index is 13.7. The molecular weight excluding hydrogens is 636 g/mol. The normalized spacial score (nSPS) is 21.9. The first kappa shape index (κ1) is 38.4. The van der Waals surface area contributed by atoms with Crippen molar-refractivity contribution in [1.29, 1.82) is 0 Å². The van der Waals surface area contributed by atoms with E-state index < -0.39 is 41.8 Å². The van der Waals surface area contributed by atoms with Crippen molar-refractivity contribution in [3.05, 3.63) is 65.7 Å². The molecule has 4 N–H and O–H groups in total. The molecule has 272 valence electrons. The molecule has 12 heteroatoms. The van der Waals surface area contributed by atoms with Gasteiger partial charge in [-0.25, -0.2) is 0 Å². The van der Waals surface area contributed by atoms with Crippen LogP contribution in [-0.4, -0.2) is 104 Å². The Morgan fingerprint density at radius 3 is 2.32 bits per heavy atom. The second-order valence-electron chi connectivity index (χ2n) is 13.8. The minimum absolute atomic E-state index is 0.0412. The first-order valence-corrected chi connectivity index (χ1v) is 18.0. The molecule has 0 unspecified atom stereocenters. The first-order chi connectivity index (χ1) is 24.1. The van der Waals surface area contributed by atoms with Crippen LogP contribution in [0.1, 0.15) is 74.7 Å². The summed E-state index contributed by atoms with van der Waals surface area (Å²) >= 11 is 0. The molecule has 2 aromatic rings. The topological polar surface area (TPSA) is 149 Å². The van der Waals surface area contributed by atoms with Gasteiger partial charge in [-0.15, -0.1) is 0 Å². The molecule has 0 aliphatic carbocycles. The predicted molar refractivity (Wildman–Crippen MR) is 191 cm³/mol. The standard InChI is InChI=1S/C38H54N6O6/c1-27(2)22-32-38(49)43(3)25-35(46)40-29(23-28-14-7-6-8-15-28)26-50-33-17-10-9-16-30(33)36(47)42-31(24-34(45)41-32)37(48)39-18-13-21-44-19-11-4-5-12-20-44/h6-10,14-17,27,29,31-32H,4-5,11-13,18-26H2,1-3H3,(H,39,48)(H,40,46)(H,41,45)(H,42,47)/t29-,31+,32-/m1/s1. The number of fused-ring (bicyclic) bond motifs is 1. The Labute approximate surface area is 296 Å². The third-order valence-corrected chi connectivity index (χ3v) is 9.02. The van der Waals surface area contributed by atoms with Gasteiger partial charge in [-0.3, -0.25) is 24.0 Å². The number of rotatable bonds is 9. The van der Waals surface area contributed by atoms with Crippen LogP contribution in [0.5, 0.6) is 5.75 Å². The van der Waals surface area contributed by atoms with Crippen LogP contribution >= 0.6 is 0 Å². The van der Waals surface area contributed by atoms with E-state index in [9.17, 15) is 24.0 Å². The van der Waals surface area contributed by atoms with Crippen molar-refractivity contribution in [3.63, 3.8) is 0 Å². The lowest BCUT2D eigenvalue weighted by atomic mass is 10.0. The minimum atomic E-state index is -1.20. The van der Waals surface area contributed by atoms with Crippen molar-refractivity contribution in [1.82, 2.24) is 31.1 Å². The van der Waals surface area contributed by atoms with Crippen LogP contribution in [-0.2, 0) is 25.6 Å². The number of amides is 5. The molecular formula is C38H54N6O6. The van der Waals surface area contributed by atoms with Crippen LogP contribution in [0.3, 0.4) is 0 Å². The predicted octanol–water partition coefficient (Wildman–Crippen LogP) is 2.67. The fourth-order valence-electron chi connectivity index (χ4n) is 6.43. The lowest BCUT2D eigenvalue weighted by molar-refractivity contribution is -0.139. The number of likely N-dealkylation sites (N-methyl/N-ethyl adjacent to an activating group) is 1. The second-order valence-corrected chi connectivity index (χ2v) is 13.8. The molecule has 0 aromatic heterocycles. The summed E-state index contributed by atoms with van der Waals surface area (Å²) in [4.78, 5) is 71.3. The molecule has 0 radical (unpaired) electrons. The summed E-state index contributed by atoms with van der Waals surface area (Å²) in [6, 6.07) is 13.7. The van der Waals surface area contributed by atoms with Gasteiger partial charge >= 0.3 is 0 Å². The van der Waals surface area contributed by atoms with Crippen LogP contribution in [0, 0.1) is 5.92 Å². The van der Waals surface area contributed by atoms with E-state index >= 15 is 0 Å². The third kappa shape index (κ3) is 12.5. The van der Waals surface area contributed by atoms with Crippen LogP contribution in [0.15, 0.2) is 54.6 Å². The summed E-state index contributed by atoms with van der Waals surface area (Å²) < 4.78 is 6.15. The van der Waals surface area contributed by atoms with E-state index in [-0.39, 0.29) is 42.7 Å². The Hall–Kier alpha value is -4.45. The van der Waals surface area contributed by atoms with Gasteiger partial charge in [0.1, 0.15) is 24.4 Å². The Morgan fingerprint density at radius 1 is 0.900 bits per heavy atom. The van der Waals surface area contributed by atoms with Gasteiger partial charge in [0.05, 0.1) is 24.6 Å². The van der Waals surface area contributed by atoms with Gasteiger partial charge in [-0.05, 0) is 75.4 Å². The number of nitrogens with zero attached hydrogens (tertiary/aromatic N) is 2. The monoisotopic (exact) mass is 690 g/mol. The molecule has 0 saturated carbocycles. The first-order valence-electron chi connectivity index (χ1n) is 18.0. The minimum Gasteiger partial charge on any atom is -0.491 e.